The zero-order chi connectivity index (χ0) is 13.3. The average molecular weight is 270 g/mol. The van der Waals surface area contributed by atoms with Crippen molar-refractivity contribution in [2.75, 3.05) is 14.2 Å². The molecular weight excluding hydrogens is 254 g/mol. The second-order valence-corrected chi connectivity index (χ2v) is 5.06. The zero-order valence-corrected chi connectivity index (χ0v) is 11.2. The summed E-state index contributed by atoms with van der Waals surface area (Å²) in [6.45, 7) is 0. The van der Waals surface area contributed by atoms with Crippen molar-refractivity contribution in [2.45, 2.75) is 24.8 Å². The Morgan fingerprint density at radius 3 is 2.44 bits per heavy atom. The molecule has 1 aliphatic rings. The van der Waals surface area contributed by atoms with Gasteiger partial charge in [0.05, 0.1) is 19.8 Å². The van der Waals surface area contributed by atoms with Gasteiger partial charge in [0, 0.05) is 16.1 Å². The fourth-order valence-corrected chi connectivity index (χ4v) is 2.30. The Labute approximate surface area is 111 Å². The summed E-state index contributed by atoms with van der Waals surface area (Å²) < 4.78 is 10.6. The lowest BCUT2D eigenvalue weighted by Crippen LogP contribution is -2.25. The molecule has 0 atom stereocenters. The van der Waals surface area contributed by atoms with Gasteiger partial charge in [-0.05, 0) is 25.3 Å². The van der Waals surface area contributed by atoms with Crippen LogP contribution in [0.3, 0.4) is 0 Å². The minimum absolute atomic E-state index is 0.190. The van der Waals surface area contributed by atoms with Gasteiger partial charge in [0.1, 0.15) is 0 Å². The molecule has 1 aromatic carbocycles. The minimum Gasteiger partial charge on any atom is -0.492 e. The fourth-order valence-electron chi connectivity index (χ4n) is 2.03. The first-order valence-electron chi connectivity index (χ1n) is 5.72. The Morgan fingerprint density at radius 2 is 2.00 bits per heavy atom. The van der Waals surface area contributed by atoms with E-state index in [-0.39, 0.29) is 5.54 Å². The fraction of sp³-hybridized carbons (Fsp3) is 0.462. The number of ether oxygens (including phenoxy) is 2. The first-order chi connectivity index (χ1) is 8.54. The van der Waals surface area contributed by atoms with Crippen molar-refractivity contribution in [1.82, 2.24) is 0 Å². The number of nitrogens with two attached hydrogens (primary N) is 1. The Hall–Kier alpha value is -1.26. The number of hydrogen-bond donors (Lipinski definition) is 1. The van der Waals surface area contributed by atoms with Gasteiger partial charge in [-0.1, -0.05) is 11.6 Å². The molecule has 1 aliphatic carbocycles. The maximum atomic E-state index is 11.0. The number of rotatable bonds is 5. The largest absolute Gasteiger partial charge is 0.492 e. The number of halogens is 1. The summed E-state index contributed by atoms with van der Waals surface area (Å²) in [6, 6.07) is 1.59. The number of carbonyl (C=O) groups is 1. The minimum atomic E-state index is -0.190. The second-order valence-electron chi connectivity index (χ2n) is 4.65. The van der Waals surface area contributed by atoms with Crippen molar-refractivity contribution in [1.29, 1.82) is 0 Å². The van der Waals surface area contributed by atoms with E-state index in [1.807, 2.05) is 0 Å². The van der Waals surface area contributed by atoms with Crippen molar-refractivity contribution in [3.63, 3.8) is 0 Å². The predicted molar refractivity (Wildman–Crippen MR) is 69.8 cm³/mol. The SMILES string of the molecule is COc1c(C=O)cc(Cl)c(CC2(N)CC2)c1OC. The number of methoxy groups -OCH3 is 2. The molecule has 98 valence electrons. The second kappa shape index (κ2) is 4.78. The molecular formula is C13H16ClNO3. The van der Waals surface area contributed by atoms with Crippen molar-refractivity contribution >= 4 is 17.9 Å². The van der Waals surface area contributed by atoms with E-state index in [0.29, 0.717) is 34.8 Å². The number of aldehydes is 1. The molecule has 4 nitrogen and oxygen atoms in total. The van der Waals surface area contributed by atoms with Crippen LogP contribution >= 0.6 is 11.6 Å². The van der Waals surface area contributed by atoms with E-state index < -0.39 is 0 Å². The summed E-state index contributed by atoms with van der Waals surface area (Å²) in [7, 11) is 3.03. The zero-order valence-electron chi connectivity index (χ0n) is 10.5. The van der Waals surface area contributed by atoms with E-state index in [0.717, 1.165) is 18.4 Å². The monoisotopic (exact) mass is 269 g/mol. The third kappa shape index (κ3) is 2.31. The lowest BCUT2D eigenvalue weighted by Gasteiger charge is -2.18. The molecule has 0 heterocycles. The molecule has 0 amide bonds. The van der Waals surface area contributed by atoms with Gasteiger partial charge >= 0.3 is 0 Å². The summed E-state index contributed by atoms with van der Waals surface area (Å²) in [6.07, 6.45) is 3.28. The molecule has 0 aromatic heterocycles. The maximum Gasteiger partial charge on any atom is 0.171 e. The van der Waals surface area contributed by atoms with Crippen LogP contribution < -0.4 is 15.2 Å². The van der Waals surface area contributed by atoms with Gasteiger partial charge in [-0.25, -0.2) is 0 Å². The lowest BCUT2D eigenvalue weighted by atomic mass is 10.0. The van der Waals surface area contributed by atoms with Crippen molar-refractivity contribution in [3.05, 3.63) is 22.2 Å². The van der Waals surface area contributed by atoms with Gasteiger partial charge in [0.25, 0.3) is 0 Å². The van der Waals surface area contributed by atoms with E-state index in [2.05, 4.69) is 0 Å². The standard InChI is InChI=1S/C13H16ClNO3/c1-17-11-8(7-16)5-10(14)9(12(11)18-2)6-13(15)3-4-13/h5,7H,3-4,6,15H2,1-2H3. The summed E-state index contributed by atoms with van der Waals surface area (Å²) >= 11 is 6.20. The summed E-state index contributed by atoms with van der Waals surface area (Å²) in [4.78, 5) is 11.0. The molecule has 2 rings (SSSR count). The highest BCUT2D eigenvalue weighted by atomic mass is 35.5. The Kier molecular flexibility index (Phi) is 3.50. The molecule has 0 radical (unpaired) electrons. The number of benzene rings is 1. The summed E-state index contributed by atoms with van der Waals surface area (Å²) in [5, 5.41) is 0.492. The topological polar surface area (TPSA) is 61.5 Å². The molecule has 0 bridgehead atoms. The molecule has 1 saturated carbocycles. The average Bonchev–Trinajstić information content (AvgIpc) is 3.08. The molecule has 0 spiro atoms. The van der Waals surface area contributed by atoms with E-state index in [1.54, 1.807) is 6.07 Å². The van der Waals surface area contributed by atoms with Gasteiger partial charge in [0.2, 0.25) is 0 Å². The Bertz CT molecular complexity index is 484. The molecule has 18 heavy (non-hydrogen) atoms. The van der Waals surface area contributed by atoms with E-state index in [9.17, 15) is 4.79 Å². The molecule has 5 heteroatoms. The van der Waals surface area contributed by atoms with Crippen LogP contribution in [0, 0.1) is 0 Å². The quantitative estimate of drug-likeness (QED) is 0.833. The smallest absolute Gasteiger partial charge is 0.171 e. The van der Waals surface area contributed by atoms with Gasteiger partial charge in [-0.2, -0.15) is 0 Å². The van der Waals surface area contributed by atoms with Crippen LogP contribution in [0.2, 0.25) is 5.02 Å². The number of carbonyl (C=O) groups excluding carboxylic acids is 1. The molecule has 1 aromatic rings. The normalized spacial score (nSPS) is 16.2. The van der Waals surface area contributed by atoms with Crippen LogP contribution in [0.4, 0.5) is 0 Å². The molecule has 0 aliphatic heterocycles. The van der Waals surface area contributed by atoms with E-state index >= 15 is 0 Å². The van der Waals surface area contributed by atoms with Crippen molar-refractivity contribution < 1.29 is 14.3 Å². The van der Waals surface area contributed by atoms with E-state index in [4.69, 9.17) is 26.8 Å². The first kappa shape index (κ1) is 13.2. The van der Waals surface area contributed by atoms with Crippen molar-refractivity contribution in [2.24, 2.45) is 5.73 Å². The Balaban J connectivity index is 2.52. The van der Waals surface area contributed by atoms with Gasteiger partial charge in [-0.3, -0.25) is 4.79 Å². The number of hydrogen-bond acceptors (Lipinski definition) is 4. The highest BCUT2D eigenvalue weighted by molar-refractivity contribution is 6.32. The van der Waals surface area contributed by atoms with Crippen LogP contribution in [-0.2, 0) is 6.42 Å². The van der Waals surface area contributed by atoms with Crippen LogP contribution in [0.25, 0.3) is 0 Å². The van der Waals surface area contributed by atoms with Crippen LogP contribution in [0.5, 0.6) is 11.5 Å². The van der Waals surface area contributed by atoms with Gasteiger partial charge < -0.3 is 15.2 Å². The van der Waals surface area contributed by atoms with E-state index in [1.165, 1.54) is 14.2 Å². The molecule has 1 fully saturated rings. The Morgan fingerprint density at radius 1 is 1.39 bits per heavy atom. The summed E-state index contributed by atoms with van der Waals surface area (Å²) in [5.41, 5.74) is 7.11. The van der Waals surface area contributed by atoms with Gasteiger partial charge in [0.15, 0.2) is 17.8 Å². The van der Waals surface area contributed by atoms with Gasteiger partial charge in [-0.15, -0.1) is 0 Å². The highest BCUT2D eigenvalue weighted by Crippen LogP contribution is 2.44. The molecule has 0 saturated heterocycles. The van der Waals surface area contributed by atoms with Crippen LogP contribution in [0.1, 0.15) is 28.8 Å². The first-order valence-corrected chi connectivity index (χ1v) is 6.10. The highest BCUT2D eigenvalue weighted by Gasteiger charge is 2.40. The third-order valence-corrected chi connectivity index (χ3v) is 3.61. The molecule has 0 unspecified atom stereocenters. The maximum absolute atomic E-state index is 11.0. The summed E-state index contributed by atoms with van der Waals surface area (Å²) in [5.74, 6) is 0.917. The van der Waals surface area contributed by atoms with Crippen LogP contribution in [-0.4, -0.2) is 26.0 Å². The molecule has 2 N–H and O–H groups in total. The van der Waals surface area contributed by atoms with Crippen LogP contribution in [0.15, 0.2) is 6.07 Å². The lowest BCUT2D eigenvalue weighted by molar-refractivity contribution is 0.112. The van der Waals surface area contributed by atoms with Crippen molar-refractivity contribution in [3.8, 4) is 11.5 Å². The third-order valence-electron chi connectivity index (χ3n) is 3.27. The predicted octanol–water partition coefficient (Wildman–Crippen LogP) is 2.20.